The van der Waals surface area contributed by atoms with Crippen LogP contribution in [0.1, 0.15) is 16.1 Å². The number of aromatic nitrogens is 2. The van der Waals surface area contributed by atoms with Crippen molar-refractivity contribution in [1.82, 2.24) is 15.1 Å². The molecular formula is C21H20FN3O5. The van der Waals surface area contributed by atoms with Gasteiger partial charge in [0.1, 0.15) is 17.3 Å². The summed E-state index contributed by atoms with van der Waals surface area (Å²) in [7, 11) is 4.53. The van der Waals surface area contributed by atoms with E-state index in [1.54, 1.807) is 12.1 Å². The minimum absolute atomic E-state index is 0.0263. The van der Waals surface area contributed by atoms with Crippen molar-refractivity contribution >= 4 is 5.91 Å². The van der Waals surface area contributed by atoms with E-state index < -0.39 is 17.3 Å². The molecule has 9 heteroatoms. The predicted octanol–water partition coefficient (Wildman–Crippen LogP) is 2.33. The van der Waals surface area contributed by atoms with E-state index in [1.807, 2.05) is 0 Å². The van der Waals surface area contributed by atoms with Crippen LogP contribution in [0, 0.1) is 5.82 Å². The number of hydrogen-bond acceptors (Lipinski definition) is 6. The van der Waals surface area contributed by atoms with Crippen molar-refractivity contribution < 1.29 is 23.4 Å². The molecule has 0 saturated carbocycles. The first-order chi connectivity index (χ1) is 14.5. The maximum absolute atomic E-state index is 13.1. The average molecular weight is 413 g/mol. The largest absolute Gasteiger partial charge is 0.496 e. The van der Waals surface area contributed by atoms with Crippen molar-refractivity contribution in [3.05, 3.63) is 76.0 Å². The van der Waals surface area contributed by atoms with Crippen LogP contribution in [0.15, 0.2) is 53.3 Å². The highest BCUT2D eigenvalue weighted by atomic mass is 19.1. The van der Waals surface area contributed by atoms with Crippen molar-refractivity contribution in [3.8, 4) is 22.9 Å². The van der Waals surface area contributed by atoms with Gasteiger partial charge in [-0.3, -0.25) is 9.59 Å². The maximum Gasteiger partial charge on any atom is 0.272 e. The third-order valence-electron chi connectivity index (χ3n) is 4.33. The van der Waals surface area contributed by atoms with Crippen LogP contribution in [0.3, 0.4) is 0 Å². The molecule has 1 N–H and O–H groups in total. The molecule has 0 aliphatic rings. The van der Waals surface area contributed by atoms with Gasteiger partial charge in [-0.25, -0.2) is 4.39 Å². The van der Waals surface area contributed by atoms with Gasteiger partial charge >= 0.3 is 0 Å². The molecule has 0 aliphatic heterocycles. The van der Waals surface area contributed by atoms with Gasteiger partial charge in [0.25, 0.3) is 11.5 Å². The Kier molecular flexibility index (Phi) is 6.31. The predicted molar refractivity (Wildman–Crippen MR) is 107 cm³/mol. The average Bonchev–Trinajstić information content (AvgIpc) is 2.77. The first kappa shape index (κ1) is 20.8. The molecule has 0 atom stereocenters. The van der Waals surface area contributed by atoms with Gasteiger partial charge in [0.15, 0.2) is 11.5 Å². The van der Waals surface area contributed by atoms with Crippen LogP contribution in [0.5, 0.6) is 17.2 Å². The van der Waals surface area contributed by atoms with Gasteiger partial charge in [-0.1, -0.05) is 0 Å². The van der Waals surface area contributed by atoms with Crippen LogP contribution in [0.25, 0.3) is 5.69 Å². The molecular weight excluding hydrogens is 393 g/mol. The first-order valence-electron chi connectivity index (χ1n) is 8.90. The van der Waals surface area contributed by atoms with Gasteiger partial charge in [0, 0.05) is 24.2 Å². The van der Waals surface area contributed by atoms with Crippen molar-refractivity contribution in [2.45, 2.75) is 6.54 Å². The second kappa shape index (κ2) is 9.08. The lowest BCUT2D eigenvalue weighted by Crippen LogP contribution is -2.28. The van der Waals surface area contributed by atoms with Crippen molar-refractivity contribution in [2.75, 3.05) is 21.3 Å². The van der Waals surface area contributed by atoms with E-state index in [-0.39, 0.29) is 12.2 Å². The van der Waals surface area contributed by atoms with Gasteiger partial charge in [-0.05, 0) is 36.4 Å². The van der Waals surface area contributed by atoms with Gasteiger partial charge in [0.2, 0.25) is 0 Å². The Balaban J connectivity index is 1.83. The van der Waals surface area contributed by atoms with Gasteiger partial charge in [0.05, 0.1) is 27.0 Å². The van der Waals surface area contributed by atoms with E-state index in [0.29, 0.717) is 28.5 Å². The molecule has 30 heavy (non-hydrogen) atoms. The van der Waals surface area contributed by atoms with Crippen LogP contribution in [-0.4, -0.2) is 37.0 Å². The smallest absolute Gasteiger partial charge is 0.272 e. The fraction of sp³-hybridized carbons (Fsp3) is 0.190. The van der Waals surface area contributed by atoms with E-state index >= 15 is 0 Å². The van der Waals surface area contributed by atoms with Crippen LogP contribution in [-0.2, 0) is 6.54 Å². The Bertz CT molecular complexity index is 1110. The number of ether oxygens (including phenoxy) is 3. The second-order valence-corrected chi connectivity index (χ2v) is 6.15. The maximum atomic E-state index is 13.1. The summed E-state index contributed by atoms with van der Waals surface area (Å²) in [5.74, 6) is 0.562. The molecule has 1 amide bonds. The summed E-state index contributed by atoms with van der Waals surface area (Å²) in [6.07, 6.45) is 0. The zero-order valence-electron chi connectivity index (χ0n) is 16.6. The number of nitrogens with zero attached hydrogens (tertiary/aromatic N) is 2. The van der Waals surface area contributed by atoms with Crippen molar-refractivity contribution in [3.63, 3.8) is 0 Å². The molecule has 3 aromatic rings. The van der Waals surface area contributed by atoms with Crippen molar-refractivity contribution in [1.29, 1.82) is 0 Å². The third kappa shape index (κ3) is 4.40. The lowest BCUT2D eigenvalue weighted by atomic mass is 10.1. The summed E-state index contributed by atoms with van der Waals surface area (Å²) >= 11 is 0. The molecule has 0 saturated heterocycles. The highest BCUT2D eigenvalue weighted by molar-refractivity contribution is 5.92. The normalized spacial score (nSPS) is 10.4. The molecule has 0 bridgehead atoms. The summed E-state index contributed by atoms with van der Waals surface area (Å²) in [5, 5.41) is 6.81. The molecule has 8 nitrogen and oxygen atoms in total. The number of halogens is 1. The molecule has 0 radical (unpaired) electrons. The molecule has 156 valence electrons. The number of nitrogens with one attached hydrogen (secondary N) is 1. The van der Waals surface area contributed by atoms with E-state index in [0.717, 1.165) is 4.68 Å². The Hall–Kier alpha value is -3.88. The molecule has 2 aromatic carbocycles. The first-order valence-corrected chi connectivity index (χ1v) is 8.90. The number of amides is 1. The fourth-order valence-electron chi connectivity index (χ4n) is 2.80. The fourth-order valence-corrected chi connectivity index (χ4v) is 2.80. The van der Waals surface area contributed by atoms with Crippen LogP contribution >= 0.6 is 0 Å². The summed E-state index contributed by atoms with van der Waals surface area (Å²) < 4.78 is 30.0. The lowest BCUT2D eigenvalue weighted by Gasteiger charge is -2.14. The van der Waals surface area contributed by atoms with E-state index in [4.69, 9.17) is 14.2 Å². The highest BCUT2D eigenvalue weighted by Gasteiger charge is 2.15. The zero-order valence-corrected chi connectivity index (χ0v) is 16.6. The molecule has 0 fully saturated rings. The topological polar surface area (TPSA) is 91.7 Å². The Labute approximate surface area is 171 Å². The second-order valence-electron chi connectivity index (χ2n) is 6.15. The monoisotopic (exact) mass is 413 g/mol. The molecule has 0 aliphatic carbocycles. The Morgan fingerprint density at radius 3 is 2.23 bits per heavy atom. The van der Waals surface area contributed by atoms with E-state index in [2.05, 4.69) is 10.4 Å². The molecule has 1 heterocycles. The molecule has 0 unspecified atom stereocenters. The molecule has 0 spiro atoms. The SMILES string of the molecule is COc1cc(OC)c(OC)cc1CNC(=O)c1ccc(=O)n(-c2ccc(F)cc2)n1. The lowest BCUT2D eigenvalue weighted by molar-refractivity contribution is 0.0944. The minimum Gasteiger partial charge on any atom is -0.496 e. The highest BCUT2D eigenvalue weighted by Crippen LogP contribution is 2.34. The number of carbonyl (C=O) groups is 1. The summed E-state index contributed by atoms with van der Waals surface area (Å²) in [5.41, 5.74) is 0.589. The summed E-state index contributed by atoms with van der Waals surface area (Å²) in [6, 6.07) is 11.1. The van der Waals surface area contributed by atoms with Crippen LogP contribution in [0.2, 0.25) is 0 Å². The summed E-state index contributed by atoms with van der Waals surface area (Å²) in [6.45, 7) is 0.125. The molecule has 1 aromatic heterocycles. The third-order valence-corrected chi connectivity index (χ3v) is 4.33. The Morgan fingerprint density at radius 1 is 0.967 bits per heavy atom. The number of hydrogen-bond donors (Lipinski definition) is 1. The summed E-state index contributed by atoms with van der Waals surface area (Å²) in [4.78, 5) is 24.7. The van der Waals surface area contributed by atoms with Gasteiger partial charge in [-0.2, -0.15) is 9.78 Å². The number of carbonyl (C=O) groups excluding carboxylic acids is 1. The van der Waals surface area contributed by atoms with Crippen molar-refractivity contribution in [2.24, 2.45) is 0 Å². The minimum atomic E-state index is -0.498. The number of methoxy groups -OCH3 is 3. The van der Waals surface area contributed by atoms with Crippen LogP contribution in [0.4, 0.5) is 4.39 Å². The Morgan fingerprint density at radius 2 is 1.60 bits per heavy atom. The van der Waals surface area contributed by atoms with E-state index in [1.165, 1.54) is 57.7 Å². The quantitative estimate of drug-likeness (QED) is 0.639. The zero-order chi connectivity index (χ0) is 21.7. The van der Waals surface area contributed by atoms with Gasteiger partial charge < -0.3 is 19.5 Å². The van der Waals surface area contributed by atoms with E-state index in [9.17, 15) is 14.0 Å². The van der Waals surface area contributed by atoms with Crippen LogP contribution < -0.4 is 25.1 Å². The molecule has 3 rings (SSSR count). The van der Waals surface area contributed by atoms with Gasteiger partial charge in [-0.15, -0.1) is 0 Å². The standard InChI is InChI=1S/C21H20FN3O5/c1-28-17-11-19(30-3)18(29-2)10-13(17)12-23-21(27)16-8-9-20(26)25(24-16)15-6-4-14(22)5-7-15/h4-11H,12H2,1-3H3,(H,23,27). The number of rotatable bonds is 7. The number of benzene rings is 2.